The molecule has 1 aliphatic rings. The van der Waals surface area contributed by atoms with Gasteiger partial charge in [0.2, 0.25) is 10.0 Å². The normalized spacial score (nSPS) is 16.4. The van der Waals surface area contributed by atoms with E-state index in [1.165, 1.54) is 0 Å². The predicted molar refractivity (Wildman–Crippen MR) is 87.8 cm³/mol. The van der Waals surface area contributed by atoms with Crippen LogP contribution in [0, 0.1) is 5.92 Å². The van der Waals surface area contributed by atoms with Crippen molar-refractivity contribution >= 4 is 10.0 Å². The molecule has 1 saturated carbocycles. The Hall–Kier alpha value is -1.69. The molecule has 4 nitrogen and oxygen atoms in total. The van der Waals surface area contributed by atoms with Crippen LogP contribution in [0.3, 0.4) is 0 Å². The fraction of sp³-hybridized carbons (Fsp3) is 0.294. The van der Waals surface area contributed by atoms with Gasteiger partial charge >= 0.3 is 0 Å². The Morgan fingerprint density at radius 2 is 1.59 bits per heavy atom. The second-order valence-electron chi connectivity index (χ2n) is 5.74. The summed E-state index contributed by atoms with van der Waals surface area (Å²) in [6.45, 7) is 0.299. The molecule has 3 N–H and O–H groups in total. The summed E-state index contributed by atoms with van der Waals surface area (Å²) in [6.07, 6.45) is 2.21. The van der Waals surface area contributed by atoms with Gasteiger partial charge in [0.05, 0.1) is 4.90 Å². The summed E-state index contributed by atoms with van der Waals surface area (Å²) in [5.41, 5.74) is 8.00. The minimum atomic E-state index is -3.49. The van der Waals surface area contributed by atoms with Gasteiger partial charge in [0.15, 0.2) is 0 Å². The minimum Gasteiger partial charge on any atom is -0.326 e. The van der Waals surface area contributed by atoms with E-state index in [2.05, 4.69) is 4.72 Å². The number of benzene rings is 2. The molecule has 2 aromatic rings. The summed E-state index contributed by atoms with van der Waals surface area (Å²) in [4.78, 5) is 0.273. The van der Waals surface area contributed by atoms with Crippen LogP contribution in [0.2, 0.25) is 0 Å². The van der Waals surface area contributed by atoms with E-state index in [1.54, 1.807) is 12.1 Å². The molecule has 0 aliphatic heterocycles. The first-order valence-corrected chi connectivity index (χ1v) is 8.95. The van der Waals surface area contributed by atoms with E-state index in [1.807, 2.05) is 42.5 Å². The fourth-order valence-corrected chi connectivity index (χ4v) is 3.51. The van der Waals surface area contributed by atoms with Gasteiger partial charge < -0.3 is 5.73 Å². The van der Waals surface area contributed by atoms with Gasteiger partial charge in [0.25, 0.3) is 0 Å². The standard InChI is InChI=1S/C17H20N2O2S/c18-17(15-6-7-15)12-19-22(20,21)16-10-8-14(9-11-16)13-4-2-1-3-5-13/h1-5,8-11,15,17,19H,6-7,12,18H2. The number of hydrogen-bond donors (Lipinski definition) is 2. The molecule has 0 amide bonds. The van der Waals surface area contributed by atoms with Crippen molar-refractivity contribution < 1.29 is 8.42 Å². The molecule has 0 saturated heterocycles. The molecule has 0 bridgehead atoms. The SMILES string of the molecule is NC(CNS(=O)(=O)c1ccc(-c2ccccc2)cc1)C1CC1. The largest absolute Gasteiger partial charge is 0.326 e. The lowest BCUT2D eigenvalue weighted by molar-refractivity contribution is 0.548. The molecule has 0 aromatic heterocycles. The average Bonchev–Trinajstić information content (AvgIpc) is 3.39. The number of sulfonamides is 1. The van der Waals surface area contributed by atoms with Crippen molar-refractivity contribution in [3.05, 3.63) is 54.6 Å². The van der Waals surface area contributed by atoms with Crippen molar-refractivity contribution in [2.24, 2.45) is 11.7 Å². The molecule has 5 heteroatoms. The van der Waals surface area contributed by atoms with Crippen molar-refractivity contribution in [2.45, 2.75) is 23.8 Å². The van der Waals surface area contributed by atoms with Gasteiger partial charge in [-0.2, -0.15) is 0 Å². The van der Waals surface area contributed by atoms with Crippen molar-refractivity contribution in [3.63, 3.8) is 0 Å². The summed E-state index contributed by atoms with van der Waals surface area (Å²) in [6, 6.07) is 16.7. The van der Waals surface area contributed by atoms with Gasteiger partial charge in [-0.05, 0) is 42.0 Å². The Balaban J connectivity index is 1.71. The Bertz CT molecular complexity index is 723. The minimum absolute atomic E-state index is 0.0848. The van der Waals surface area contributed by atoms with Crippen LogP contribution >= 0.6 is 0 Å². The Kier molecular flexibility index (Phi) is 4.29. The lowest BCUT2D eigenvalue weighted by Crippen LogP contribution is -2.38. The zero-order valence-corrected chi connectivity index (χ0v) is 13.1. The number of nitrogens with one attached hydrogen (secondary N) is 1. The van der Waals surface area contributed by atoms with Crippen LogP contribution in [-0.4, -0.2) is 21.0 Å². The molecule has 0 spiro atoms. The molecule has 1 aliphatic carbocycles. The number of rotatable bonds is 6. The maximum atomic E-state index is 12.3. The third-order valence-corrected chi connectivity index (χ3v) is 5.45. The first-order valence-electron chi connectivity index (χ1n) is 7.47. The second-order valence-corrected chi connectivity index (χ2v) is 7.51. The van der Waals surface area contributed by atoms with Crippen molar-refractivity contribution in [3.8, 4) is 11.1 Å². The molecule has 0 heterocycles. The third kappa shape index (κ3) is 3.55. The molecule has 2 aromatic carbocycles. The van der Waals surface area contributed by atoms with E-state index in [0.29, 0.717) is 12.5 Å². The van der Waals surface area contributed by atoms with Crippen molar-refractivity contribution in [2.75, 3.05) is 6.54 Å². The summed E-state index contributed by atoms with van der Waals surface area (Å²) in [5.74, 6) is 0.475. The van der Waals surface area contributed by atoms with Gasteiger partial charge in [0, 0.05) is 12.6 Å². The molecule has 116 valence electrons. The van der Waals surface area contributed by atoms with E-state index in [-0.39, 0.29) is 10.9 Å². The van der Waals surface area contributed by atoms with Crippen LogP contribution in [-0.2, 0) is 10.0 Å². The second kappa shape index (κ2) is 6.20. The van der Waals surface area contributed by atoms with Crippen LogP contribution in [0.15, 0.2) is 59.5 Å². The Morgan fingerprint density at radius 1 is 1.00 bits per heavy atom. The van der Waals surface area contributed by atoms with Gasteiger partial charge in [-0.3, -0.25) is 0 Å². The van der Waals surface area contributed by atoms with Crippen molar-refractivity contribution in [1.29, 1.82) is 0 Å². The summed E-state index contributed by atoms with van der Waals surface area (Å²) in [5, 5.41) is 0. The molecule has 3 rings (SSSR count). The van der Waals surface area contributed by atoms with E-state index in [9.17, 15) is 8.42 Å². The van der Waals surface area contributed by atoms with Gasteiger partial charge in [-0.15, -0.1) is 0 Å². The van der Waals surface area contributed by atoms with E-state index < -0.39 is 10.0 Å². The van der Waals surface area contributed by atoms with Gasteiger partial charge in [0.1, 0.15) is 0 Å². The molecule has 1 unspecified atom stereocenters. The summed E-state index contributed by atoms with van der Waals surface area (Å²) in [7, 11) is -3.49. The van der Waals surface area contributed by atoms with E-state index in [4.69, 9.17) is 5.73 Å². The van der Waals surface area contributed by atoms with E-state index in [0.717, 1.165) is 24.0 Å². The smallest absolute Gasteiger partial charge is 0.240 e. The zero-order chi connectivity index (χ0) is 15.6. The molecule has 0 radical (unpaired) electrons. The maximum absolute atomic E-state index is 12.3. The van der Waals surface area contributed by atoms with Crippen LogP contribution < -0.4 is 10.5 Å². The van der Waals surface area contributed by atoms with Crippen LogP contribution in [0.5, 0.6) is 0 Å². The highest BCUT2D eigenvalue weighted by Gasteiger charge is 2.29. The topological polar surface area (TPSA) is 72.2 Å². The quantitative estimate of drug-likeness (QED) is 0.859. The summed E-state index contributed by atoms with van der Waals surface area (Å²) < 4.78 is 27.1. The fourth-order valence-electron chi connectivity index (χ4n) is 2.44. The monoisotopic (exact) mass is 316 g/mol. The van der Waals surface area contributed by atoms with Gasteiger partial charge in [-0.25, -0.2) is 13.1 Å². The highest BCUT2D eigenvalue weighted by atomic mass is 32.2. The Morgan fingerprint density at radius 3 is 2.18 bits per heavy atom. The maximum Gasteiger partial charge on any atom is 0.240 e. The third-order valence-electron chi connectivity index (χ3n) is 4.01. The summed E-state index contributed by atoms with van der Waals surface area (Å²) >= 11 is 0. The van der Waals surface area contributed by atoms with E-state index >= 15 is 0 Å². The number of hydrogen-bond acceptors (Lipinski definition) is 3. The molecular weight excluding hydrogens is 296 g/mol. The first-order chi connectivity index (χ1) is 10.6. The number of nitrogens with two attached hydrogens (primary N) is 1. The molecule has 1 atom stereocenters. The highest BCUT2D eigenvalue weighted by Crippen LogP contribution is 2.31. The lowest BCUT2D eigenvalue weighted by atomic mass is 10.1. The highest BCUT2D eigenvalue weighted by molar-refractivity contribution is 7.89. The lowest BCUT2D eigenvalue weighted by Gasteiger charge is -2.12. The van der Waals surface area contributed by atoms with Crippen LogP contribution in [0.4, 0.5) is 0 Å². The van der Waals surface area contributed by atoms with Crippen LogP contribution in [0.1, 0.15) is 12.8 Å². The van der Waals surface area contributed by atoms with Gasteiger partial charge in [-0.1, -0.05) is 42.5 Å². The molecule has 1 fully saturated rings. The molecular formula is C17H20N2O2S. The van der Waals surface area contributed by atoms with Crippen LogP contribution in [0.25, 0.3) is 11.1 Å². The first kappa shape index (κ1) is 15.2. The Labute approximate surface area is 131 Å². The predicted octanol–water partition coefficient (Wildman–Crippen LogP) is 2.37. The molecule has 22 heavy (non-hydrogen) atoms. The average molecular weight is 316 g/mol. The van der Waals surface area contributed by atoms with Crippen molar-refractivity contribution in [1.82, 2.24) is 4.72 Å². The zero-order valence-electron chi connectivity index (χ0n) is 12.3.